The highest BCUT2D eigenvalue weighted by molar-refractivity contribution is 7.80. The molecule has 4 heteroatoms. The number of benzene rings is 1. The number of hydrogen-bond donors (Lipinski definition) is 1. The number of ether oxygens (including phenoxy) is 2. The molecule has 1 saturated carbocycles. The maximum atomic E-state index is 5.66. The number of rotatable bonds is 6. The van der Waals surface area contributed by atoms with E-state index in [4.69, 9.17) is 27.4 Å². The van der Waals surface area contributed by atoms with Crippen LogP contribution in [0, 0.1) is 5.92 Å². The molecule has 1 aliphatic carbocycles. The van der Waals surface area contributed by atoms with Crippen molar-refractivity contribution in [3.05, 3.63) is 29.3 Å². The Bertz CT molecular complexity index is 416. The molecule has 0 aliphatic heterocycles. The van der Waals surface area contributed by atoms with Gasteiger partial charge in [-0.05, 0) is 36.5 Å². The van der Waals surface area contributed by atoms with Crippen LogP contribution in [0.5, 0.6) is 5.75 Å². The SMILES string of the molecule is COc1ccc(COCC2CC2)cc1C(N)=S. The zero-order valence-electron chi connectivity index (χ0n) is 9.94. The van der Waals surface area contributed by atoms with Gasteiger partial charge in [-0.1, -0.05) is 18.3 Å². The lowest BCUT2D eigenvalue weighted by molar-refractivity contribution is 0.111. The topological polar surface area (TPSA) is 44.5 Å². The molecule has 1 aromatic rings. The molecule has 0 amide bonds. The minimum Gasteiger partial charge on any atom is -0.496 e. The summed E-state index contributed by atoms with van der Waals surface area (Å²) in [5, 5.41) is 0. The Morgan fingerprint density at radius 3 is 2.82 bits per heavy atom. The fraction of sp³-hybridized carbons (Fsp3) is 0.462. The Morgan fingerprint density at radius 1 is 1.47 bits per heavy atom. The molecular weight excluding hydrogens is 234 g/mol. The average molecular weight is 251 g/mol. The van der Waals surface area contributed by atoms with Crippen LogP contribution in [0.1, 0.15) is 24.0 Å². The molecule has 0 heterocycles. The molecule has 2 N–H and O–H groups in total. The molecular formula is C13H17NO2S. The second-order valence-corrected chi connectivity index (χ2v) is 4.80. The lowest BCUT2D eigenvalue weighted by Gasteiger charge is -2.10. The molecule has 92 valence electrons. The predicted molar refractivity (Wildman–Crippen MR) is 71.3 cm³/mol. The minimum absolute atomic E-state index is 0.353. The largest absolute Gasteiger partial charge is 0.496 e. The first-order chi connectivity index (χ1) is 8.20. The van der Waals surface area contributed by atoms with Crippen LogP contribution in [0.15, 0.2) is 18.2 Å². The maximum absolute atomic E-state index is 5.66. The summed E-state index contributed by atoms with van der Waals surface area (Å²) in [5.41, 5.74) is 7.51. The third-order valence-electron chi connectivity index (χ3n) is 2.85. The van der Waals surface area contributed by atoms with Crippen LogP contribution in [0.25, 0.3) is 0 Å². The van der Waals surface area contributed by atoms with E-state index in [9.17, 15) is 0 Å². The lowest BCUT2D eigenvalue weighted by Crippen LogP contribution is -2.11. The van der Waals surface area contributed by atoms with Gasteiger partial charge in [0.05, 0.1) is 19.3 Å². The number of methoxy groups -OCH3 is 1. The first kappa shape index (κ1) is 12.3. The number of hydrogen-bond acceptors (Lipinski definition) is 3. The molecule has 0 bridgehead atoms. The van der Waals surface area contributed by atoms with Gasteiger partial charge in [0, 0.05) is 6.61 Å². The molecule has 1 fully saturated rings. The molecule has 0 spiro atoms. The molecule has 2 rings (SSSR count). The normalized spacial score (nSPS) is 14.6. The van der Waals surface area contributed by atoms with E-state index in [1.165, 1.54) is 12.8 Å². The fourth-order valence-electron chi connectivity index (χ4n) is 1.67. The molecule has 1 aromatic carbocycles. The van der Waals surface area contributed by atoms with Crippen LogP contribution >= 0.6 is 12.2 Å². The summed E-state index contributed by atoms with van der Waals surface area (Å²) in [7, 11) is 1.61. The van der Waals surface area contributed by atoms with Crippen molar-refractivity contribution in [2.75, 3.05) is 13.7 Å². The van der Waals surface area contributed by atoms with Gasteiger partial charge in [0.25, 0.3) is 0 Å². The van der Waals surface area contributed by atoms with E-state index in [1.54, 1.807) is 7.11 Å². The lowest BCUT2D eigenvalue weighted by atomic mass is 10.1. The van der Waals surface area contributed by atoms with Crippen molar-refractivity contribution in [1.82, 2.24) is 0 Å². The van der Waals surface area contributed by atoms with E-state index in [1.807, 2.05) is 18.2 Å². The quantitative estimate of drug-likeness (QED) is 0.788. The highest BCUT2D eigenvalue weighted by Crippen LogP contribution is 2.29. The summed E-state index contributed by atoms with van der Waals surface area (Å²) in [6, 6.07) is 5.80. The van der Waals surface area contributed by atoms with Gasteiger partial charge >= 0.3 is 0 Å². The summed E-state index contributed by atoms with van der Waals surface area (Å²) in [5.74, 6) is 1.49. The first-order valence-corrected chi connectivity index (χ1v) is 6.16. The third kappa shape index (κ3) is 3.41. The molecule has 0 aromatic heterocycles. The minimum atomic E-state index is 0.353. The Balaban J connectivity index is 2.01. The van der Waals surface area contributed by atoms with Crippen LogP contribution in [0.4, 0.5) is 0 Å². The number of thiocarbonyl (C=S) groups is 1. The molecule has 1 aliphatic rings. The average Bonchev–Trinajstić information content (AvgIpc) is 3.13. The van der Waals surface area contributed by atoms with E-state index >= 15 is 0 Å². The second kappa shape index (κ2) is 5.47. The predicted octanol–water partition coefficient (Wildman–Crippen LogP) is 2.26. The van der Waals surface area contributed by atoms with Crippen molar-refractivity contribution in [3.63, 3.8) is 0 Å². The summed E-state index contributed by atoms with van der Waals surface area (Å²) in [6.07, 6.45) is 2.61. The molecule has 0 atom stereocenters. The van der Waals surface area contributed by atoms with Crippen LogP contribution in [0.2, 0.25) is 0 Å². The van der Waals surface area contributed by atoms with Gasteiger partial charge in [0.1, 0.15) is 10.7 Å². The summed E-state index contributed by atoms with van der Waals surface area (Å²) >= 11 is 5.00. The van der Waals surface area contributed by atoms with Crippen molar-refractivity contribution < 1.29 is 9.47 Å². The molecule has 0 saturated heterocycles. The van der Waals surface area contributed by atoms with Crippen molar-refractivity contribution in [1.29, 1.82) is 0 Å². The summed E-state index contributed by atoms with van der Waals surface area (Å²) in [6.45, 7) is 1.46. The summed E-state index contributed by atoms with van der Waals surface area (Å²) < 4.78 is 10.8. The van der Waals surface area contributed by atoms with E-state index in [0.29, 0.717) is 17.3 Å². The van der Waals surface area contributed by atoms with Crippen molar-refractivity contribution in [2.24, 2.45) is 11.7 Å². The zero-order chi connectivity index (χ0) is 12.3. The van der Waals surface area contributed by atoms with E-state index < -0.39 is 0 Å². The summed E-state index contributed by atoms with van der Waals surface area (Å²) in [4.78, 5) is 0.353. The van der Waals surface area contributed by atoms with Crippen LogP contribution < -0.4 is 10.5 Å². The monoisotopic (exact) mass is 251 g/mol. The van der Waals surface area contributed by atoms with Gasteiger partial charge in [-0.15, -0.1) is 0 Å². The second-order valence-electron chi connectivity index (χ2n) is 4.36. The first-order valence-electron chi connectivity index (χ1n) is 5.75. The highest BCUT2D eigenvalue weighted by Gasteiger charge is 2.21. The Morgan fingerprint density at radius 2 is 2.24 bits per heavy atom. The Kier molecular flexibility index (Phi) is 3.97. The van der Waals surface area contributed by atoms with E-state index in [-0.39, 0.29) is 0 Å². The van der Waals surface area contributed by atoms with Gasteiger partial charge in [0.2, 0.25) is 0 Å². The number of nitrogens with two attached hydrogens (primary N) is 1. The van der Waals surface area contributed by atoms with Crippen molar-refractivity contribution in [2.45, 2.75) is 19.4 Å². The van der Waals surface area contributed by atoms with E-state index in [2.05, 4.69) is 0 Å². The highest BCUT2D eigenvalue weighted by atomic mass is 32.1. The van der Waals surface area contributed by atoms with E-state index in [0.717, 1.165) is 23.7 Å². The van der Waals surface area contributed by atoms with Crippen LogP contribution in [-0.4, -0.2) is 18.7 Å². The fourth-order valence-corrected chi connectivity index (χ4v) is 1.82. The maximum Gasteiger partial charge on any atom is 0.129 e. The van der Waals surface area contributed by atoms with Crippen LogP contribution in [-0.2, 0) is 11.3 Å². The third-order valence-corrected chi connectivity index (χ3v) is 3.07. The van der Waals surface area contributed by atoms with Gasteiger partial charge in [-0.2, -0.15) is 0 Å². The molecule has 17 heavy (non-hydrogen) atoms. The van der Waals surface area contributed by atoms with Gasteiger partial charge < -0.3 is 15.2 Å². The van der Waals surface area contributed by atoms with Gasteiger partial charge in [0.15, 0.2) is 0 Å². The molecule has 3 nitrogen and oxygen atoms in total. The van der Waals surface area contributed by atoms with Gasteiger partial charge in [-0.25, -0.2) is 0 Å². The Labute approximate surface area is 107 Å². The van der Waals surface area contributed by atoms with Crippen LogP contribution in [0.3, 0.4) is 0 Å². The zero-order valence-corrected chi connectivity index (χ0v) is 10.8. The van der Waals surface area contributed by atoms with Crippen molar-refractivity contribution in [3.8, 4) is 5.75 Å². The molecule has 0 unspecified atom stereocenters. The van der Waals surface area contributed by atoms with Gasteiger partial charge in [-0.3, -0.25) is 0 Å². The Hall–Kier alpha value is -1.13. The standard InChI is InChI=1S/C13H17NO2S/c1-15-12-5-4-10(6-11(12)13(14)17)8-16-7-9-2-3-9/h4-6,9H,2-3,7-8H2,1H3,(H2,14,17). The van der Waals surface area contributed by atoms with Crippen molar-refractivity contribution >= 4 is 17.2 Å². The smallest absolute Gasteiger partial charge is 0.129 e. The molecule has 0 radical (unpaired) electrons.